The van der Waals surface area contributed by atoms with Gasteiger partial charge in [-0.3, -0.25) is 4.79 Å². The predicted molar refractivity (Wildman–Crippen MR) is 119 cm³/mol. The molecule has 4 atom stereocenters. The molecule has 0 aromatic heterocycles. The van der Waals surface area contributed by atoms with Crippen molar-refractivity contribution >= 4 is 5.91 Å². The Kier molecular flexibility index (Phi) is 14.9. The summed E-state index contributed by atoms with van der Waals surface area (Å²) in [6.45, 7) is 13.0. The van der Waals surface area contributed by atoms with Crippen LogP contribution in [-0.4, -0.2) is 34.4 Å². The number of aliphatic hydroxyl groups is 2. The van der Waals surface area contributed by atoms with Gasteiger partial charge in [-0.15, -0.1) is 0 Å². The normalized spacial score (nSPS) is 17.2. The van der Waals surface area contributed by atoms with E-state index in [2.05, 4.69) is 33.0 Å². The van der Waals surface area contributed by atoms with E-state index in [4.69, 9.17) is 0 Å². The minimum absolute atomic E-state index is 0.0654. The van der Waals surface area contributed by atoms with Gasteiger partial charge in [0, 0.05) is 13.0 Å². The van der Waals surface area contributed by atoms with E-state index in [-0.39, 0.29) is 12.5 Å². The summed E-state index contributed by atoms with van der Waals surface area (Å²) in [7, 11) is 0. The molecule has 0 radical (unpaired) electrons. The zero-order valence-electron chi connectivity index (χ0n) is 19.6. The Labute approximate surface area is 174 Å². The zero-order valence-corrected chi connectivity index (χ0v) is 19.6. The van der Waals surface area contributed by atoms with Crippen molar-refractivity contribution in [1.29, 1.82) is 0 Å². The Morgan fingerprint density at radius 2 is 1.43 bits per heavy atom. The average molecular weight is 400 g/mol. The Hall–Kier alpha value is -0.610. The van der Waals surface area contributed by atoms with E-state index in [9.17, 15) is 15.0 Å². The van der Waals surface area contributed by atoms with Crippen LogP contribution in [0.15, 0.2) is 0 Å². The molecule has 0 saturated carbocycles. The number of carbonyl (C=O) groups excluding carboxylic acids is 1. The quantitative estimate of drug-likeness (QED) is 0.304. The molecular formula is C24H49NO3. The molecule has 4 nitrogen and oxygen atoms in total. The maximum Gasteiger partial charge on any atom is 0.220 e. The Morgan fingerprint density at radius 3 is 1.93 bits per heavy atom. The summed E-state index contributed by atoms with van der Waals surface area (Å²) in [5, 5.41) is 23.4. The summed E-state index contributed by atoms with van der Waals surface area (Å²) >= 11 is 0. The Bertz CT molecular complexity index is 395. The molecule has 0 aromatic rings. The van der Waals surface area contributed by atoms with Crippen LogP contribution in [0.1, 0.15) is 112 Å². The Morgan fingerprint density at radius 1 is 0.929 bits per heavy atom. The van der Waals surface area contributed by atoms with Gasteiger partial charge in [0.25, 0.3) is 0 Å². The largest absolute Gasteiger partial charge is 0.388 e. The minimum Gasteiger partial charge on any atom is -0.388 e. The summed E-state index contributed by atoms with van der Waals surface area (Å²) in [4.78, 5) is 11.5. The van der Waals surface area contributed by atoms with Crippen LogP contribution in [0.25, 0.3) is 0 Å². The fourth-order valence-corrected chi connectivity index (χ4v) is 3.70. The van der Waals surface area contributed by atoms with Gasteiger partial charge >= 0.3 is 0 Å². The number of hydrogen-bond donors (Lipinski definition) is 3. The van der Waals surface area contributed by atoms with Crippen LogP contribution in [0, 0.1) is 17.8 Å². The SMILES string of the molecule is CCCC(=O)NCC(O)C(C)(O)CCCC(C)CCCC(C)CCCC(C)C. The summed E-state index contributed by atoms with van der Waals surface area (Å²) in [6, 6.07) is 0. The van der Waals surface area contributed by atoms with E-state index >= 15 is 0 Å². The first-order valence-electron chi connectivity index (χ1n) is 11.8. The summed E-state index contributed by atoms with van der Waals surface area (Å²) in [5.74, 6) is 2.23. The molecule has 0 aromatic carbocycles. The number of nitrogens with one attached hydrogen (secondary N) is 1. The molecule has 0 rings (SSSR count). The standard InChI is InChI=1S/C24H49NO3/c1-7-11-23(27)25-18-22(26)24(6,28)17-10-16-21(5)15-9-14-20(4)13-8-12-19(2)3/h19-22,26,28H,7-18H2,1-6H3,(H,25,27). The van der Waals surface area contributed by atoms with E-state index in [1.54, 1.807) is 6.92 Å². The molecule has 0 saturated heterocycles. The van der Waals surface area contributed by atoms with Crippen molar-refractivity contribution in [1.82, 2.24) is 5.32 Å². The van der Waals surface area contributed by atoms with Gasteiger partial charge in [0.2, 0.25) is 5.91 Å². The molecule has 0 aliphatic carbocycles. The third-order valence-corrected chi connectivity index (χ3v) is 5.94. The molecule has 0 aliphatic rings. The van der Waals surface area contributed by atoms with Gasteiger partial charge < -0.3 is 15.5 Å². The third kappa shape index (κ3) is 14.4. The maximum atomic E-state index is 11.5. The second-order valence-corrected chi connectivity index (χ2v) is 9.79. The lowest BCUT2D eigenvalue weighted by atomic mass is 9.88. The van der Waals surface area contributed by atoms with Crippen LogP contribution in [0.2, 0.25) is 0 Å². The van der Waals surface area contributed by atoms with Crippen molar-refractivity contribution in [2.24, 2.45) is 17.8 Å². The molecule has 0 bridgehead atoms. The summed E-state index contributed by atoms with van der Waals surface area (Å²) < 4.78 is 0. The van der Waals surface area contributed by atoms with Crippen molar-refractivity contribution < 1.29 is 15.0 Å². The van der Waals surface area contributed by atoms with Gasteiger partial charge in [0.15, 0.2) is 0 Å². The summed E-state index contributed by atoms with van der Waals surface area (Å²) in [6.07, 6.45) is 10.8. The highest BCUT2D eigenvalue weighted by molar-refractivity contribution is 5.75. The van der Waals surface area contributed by atoms with E-state index in [0.29, 0.717) is 18.8 Å². The fourth-order valence-electron chi connectivity index (χ4n) is 3.70. The van der Waals surface area contributed by atoms with Crippen molar-refractivity contribution in [3.05, 3.63) is 0 Å². The number of amides is 1. The molecule has 0 fully saturated rings. The number of rotatable bonds is 17. The lowest BCUT2D eigenvalue weighted by Crippen LogP contribution is -2.46. The van der Waals surface area contributed by atoms with Crippen LogP contribution < -0.4 is 5.32 Å². The summed E-state index contributed by atoms with van der Waals surface area (Å²) in [5.41, 5.74) is -1.15. The van der Waals surface area contributed by atoms with E-state index < -0.39 is 11.7 Å². The van der Waals surface area contributed by atoms with Crippen LogP contribution in [-0.2, 0) is 4.79 Å². The molecule has 0 aliphatic heterocycles. The van der Waals surface area contributed by atoms with Crippen LogP contribution >= 0.6 is 0 Å². The second-order valence-electron chi connectivity index (χ2n) is 9.79. The van der Waals surface area contributed by atoms with Crippen LogP contribution in [0.3, 0.4) is 0 Å². The van der Waals surface area contributed by atoms with Gasteiger partial charge in [0.05, 0.1) is 11.7 Å². The lowest BCUT2D eigenvalue weighted by molar-refractivity contribution is -0.123. The van der Waals surface area contributed by atoms with Crippen LogP contribution in [0.4, 0.5) is 0 Å². The first kappa shape index (κ1) is 27.4. The monoisotopic (exact) mass is 399 g/mol. The van der Waals surface area contributed by atoms with Crippen molar-refractivity contribution in [2.75, 3.05) is 6.54 Å². The van der Waals surface area contributed by atoms with Gasteiger partial charge in [0.1, 0.15) is 0 Å². The van der Waals surface area contributed by atoms with Crippen molar-refractivity contribution in [3.8, 4) is 0 Å². The molecule has 168 valence electrons. The fraction of sp³-hybridized carbons (Fsp3) is 0.958. The van der Waals surface area contributed by atoms with Gasteiger partial charge in [-0.1, -0.05) is 86.0 Å². The van der Waals surface area contributed by atoms with E-state index in [1.165, 1.54) is 38.5 Å². The predicted octanol–water partition coefficient (Wildman–Crippen LogP) is 5.45. The molecule has 3 N–H and O–H groups in total. The maximum absolute atomic E-state index is 11.5. The molecule has 0 spiro atoms. The molecule has 4 heteroatoms. The van der Waals surface area contributed by atoms with Crippen molar-refractivity contribution in [3.63, 3.8) is 0 Å². The first-order valence-corrected chi connectivity index (χ1v) is 11.8. The number of carbonyl (C=O) groups is 1. The molecule has 28 heavy (non-hydrogen) atoms. The molecule has 4 unspecified atom stereocenters. The highest BCUT2D eigenvalue weighted by Crippen LogP contribution is 2.24. The lowest BCUT2D eigenvalue weighted by Gasteiger charge is -2.29. The second kappa shape index (κ2) is 15.3. The average Bonchev–Trinajstić information content (AvgIpc) is 2.59. The smallest absolute Gasteiger partial charge is 0.220 e. The molecule has 0 heterocycles. The number of aliphatic hydroxyl groups excluding tert-OH is 1. The number of hydrogen-bond acceptors (Lipinski definition) is 3. The molecule has 1 amide bonds. The Balaban J connectivity index is 3.90. The topological polar surface area (TPSA) is 69.6 Å². The van der Waals surface area contributed by atoms with E-state index in [0.717, 1.165) is 31.1 Å². The van der Waals surface area contributed by atoms with E-state index in [1.807, 2.05) is 6.92 Å². The van der Waals surface area contributed by atoms with Gasteiger partial charge in [-0.05, 0) is 37.5 Å². The molecular weight excluding hydrogens is 350 g/mol. The zero-order chi connectivity index (χ0) is 21.6. The first-order chi connectivity index (χ1) is 13.1. The highest BCUT2D eigenvalue weighted by Gasteiger charge is 2.30. The highest BCUT2D eigenvalue weighted by atomic mass is 16.3. The minimum atomic E-state index is -1.15. The third-order valence-electron chi connectivity index (χ3n) is 5.94. The van der Waals surface area contributed by atoms with Gasteiger partial charge in [-0.25, -0.2) is 0 Å². The van der Waals surface area contributed by atoms with Gasteiger partial charge in [-0.2, -0.15) is 0 Å². The van der Waals surface area contributed by atoms with Crippen LogP contribution in [0.5, 0.6) is 0 Å². The van der Waals surface area contributed by atoms with Crippen molar-refractivity contribution in [2.45, 2.75) is 124 Å².